The Morgan fingerprint density at radius 3 is 3.00 bits per heavy atom. The van der Waals surface area contributed by atoms with Crippen molar-refractivity contribution < 1.29 is 0 Å². The van der Waals surface area contributed by atoms with Crippen LogP contribution in [0.2, 0.25) is 0 Å². The van der Waals surface area contributed by atoms with Gasteiger partial charge < -0.3 is 5.32 Å². The largest absolute Gasteiger partial charge is 0.307 e. The molecule has 0 aliphatic rings. The zero-order valence-electron chi connectivity index (χ0n) is 11.1. The van der Waals surface area contributed by atoms with E-state index in [9.17, 15) is 0 Å². The molecule has 0 aliphatic heterocycles. The Morgan fingerprint density at radius 2 is 2.21 bits per heavy atom. The van der Waals surface area contributed by atoms with Crippen molar-refractivity contribution in [2.24, 2.45) is 0 Å². The van der Waals surface area contributed by atoms with Gasteiger partial charge in [0.25, 0.3) is 0 Å². The molecule has 98 valence electrons. The van der Waals surface area contributed by atoms with E-state index in [1.165, 1.54) is 16.1 Å². The van der Waals surface area contributed by atoms with Crippen LogP contribution in [0.4, 0.5) is 0 Å². The van der Waals surface area contributed by atoms with E-state index in [2.05, 4.69) is 45.8 Å². The normalized spacial score (nSPS) is 11.3. The highest BCUT2D eigenvalue weighted by Crippen LogP contribution is 2.20. The molecule has 4 nitrogen and oxygen atoms in total. The van der Waals surface area contributed by atoms with Crippen LogP contribution in [-0.2, 0) is 13.1 Å². The highest BCUT2D eigenvalue weighted by Gasteiger charge is 2.10. The minimum absolute atomic E-state index is 0.818. The zero-order valence-corrected chi connectivity index (χ0v) is 11.9. The second kappa shape index (κ2) is 5.11. The first-order valence-electron chi connectivity index (χ1n) is 6.27. The van der Waals surface area contributed by atoms with Crippen LogP contribution in [0.3, 0.4) is 0 Å². The Morgan fingerprint density at radius 1 is 1.32 bits per heavy atom. The highest BCUT2D eigenvalue weighted by molar-refractivity contribution is 7.17. The Labute approximate surface area is 116 Å². The van der Waals surface area contributed by atoms with Crippen molar-refractivity contribution in [3.63, 3.8) is 0 Å². The van der Waals surface area contributed by atoms with Crippen LogP contribution in [0.15, 0.2) is 30.7 Å². The summed E-state index contributed by atoms with van der Waals surface area (Å²) in [6.45, 7) is 5.82. The Balaban J connectivity index is 1.73. The number of nitrogens with one attached hydrogen (secondary N) is 1. The second-order valence-corrected chi connectivity index (χ2v) is 5.82. The van der Waals surface area contributed by atoms with Gasteiger partial charge in [-0.1, -0.05) is 6.07 Å². The van der Waals surface area contributed by atoms with Crippen LogP contribution >= 0.6 is 11.3 Å². The molecule has 0 unspecified atom stereocenters. The molecular formula is C14H16N4S. The van der Waals surface area contributed by atoms with E-state index in [1.54, 1.807) is 17.5 Å². The number of nitrogens with zero attached hydrogens (tertiary/aromatic N) is 3. The first kappa shape index (κ1) is 12.3. The number of fused-ring (bicyclic) bond motifs is 1. The number of imidazole rings is 1. The molecule has 3 aromatic heterocycles. The molecule has 0 radical (unpaired) electrons. The van der Waals surface area contributed by atoms with E-state index >= 15 is 0 Å². The van der Waals surface area contributed by atoms with Gasteiger partial charge in [0.2, 0.25) is 0 Å². The fourth-order valence-corrected chi connectivity index (χ4v) is 3.04. The molecule has 0 spiro atoms. The predicted molar refractivity (Wildman–Crippen MR) is 77.3 cm³/mol. The predicted octanol–water partition coefficient (Wildman–Crippen LogP) is 2.70. The second-order valence-electron chi connectivity index (χ2n) is 4.60. The monoisotopic (exact) mass is 272 g/mol. The maximum absolute atomic E-state index is 4.59. The van der Waals surface area contributed by atoms with E-state index in [4.69, 9.17) is 0 Å². The van der Waals surface area contributed by atoms with Crippen LogP contribution in [0.5, 0.6) is 0 Å². The first-order valence-corrected chi connectivity index (χ1v) is 7.09. The summed E-state index contributed by atoms with van der Waals surface area (Å²) in [7, 11) is 0. The quantitative estimate of drug-likeness (QED) is 0.794. The van der Waals surface area contributed by atoms with Crippen molar-refractivity contribution >= 4 is 16.3 Å². The third kappa shape index (κ3) is 2.52. The molecule has 3 rings (SSSR count). The molecule has 3 aromatic rings. The number of aromatic nitrogens is 3. The summed E-state index contributed by atoms with van der Waals surface area (Å²) in [6.07, 6.45) is 5.84. The summed E-state index contributed by atoms with van der Waals surface area (Å²) in [6, 6.07) is 4.04. The number of aryl methyl sites for hydroxylation is 2. The lowest BCUT2D eigenvalue weighted by Crippen LogP contribution is -2.14. The van der Waals surface area contributed by atoms with Gasteiger partial charge in [-0.25, -0.2) is 4.98 Å². The van der Waals surface area contributed by atoms with Crippen LogP contribution in [0.25, 0.3) is 4.96 Å². The van der Waals surface area contributed by atoms with Gasteiger partial charge in [-0.05, 0) is 25.5 Å². The summed E-state index contributed by atoms with van der Waals surface area (Å²) >= 11 is 1.73. The van der Waals surface area contributed by atoms with E-state index in [1.807, 2.05) is 12.3 Å². The number of hydrogen-bond acceptors (Lipinski definition) is 4. The average molecular weight is 272 g/mol. The van der Waals surface area contributed by atoms with Crippen LogP contribution in [0, 0.1) is 13.8 Å². The van der Waals surface area contributed by atoms with Gasteiger partial charge in [0.1, 0.15) is 0 Å². The van der Waals surface area contributed by atoms with E-state index < -0.39 is 0 Å². The van der Waals surface area contributed by atoms with Gasteiger partial charge in [0.15, 0.2) is 4.96 Å². The standard InChI is InChI=1S/C14H16N4S/c1-10-9-18-13(11(2)17-14(18)19-10)8-16-7-12-4-3-5-15-6-12/h3-6,9,16H,7-8H2,1-2H3. The summed E-state index contributed by atoms with van der Waals surface area (Å²) in [5.41, 5.74) is 3.54. The SMILES string of the molecule is Cc1cn2c(CNCc3cccnc3)c(C)nc2s1. The van der Waals surface area contributed by atoms with E-state index in [-0.39, 0.29) is 0 Å². The number of thiazole rings is 1. The molecule has 0 amide bonds. The van der Waals surface area contributed by atoms with Crippen molar-refractivity contribution in [1.29, 1.82) is 0 Å². The minimum atomic E-state index is 0.818. The Kier molecular flexibility index (Phi) is 3.31. The third-order valence-corrected chi connectivity index (χ3v) is 3.98. The van der Waals surface area contributed by atoms with E-state index in [0.717, 1.165) is 23.7 Å². The van der Waals surface area contributed by atoms with E-state index in [0.29, 0.717) is 0 Å². The van der Waals surface area contributed by atoms with Crippen LogP contribution in [-0.4, -0.2) is 14.4 Å². The zero-order chi connectivity index (χ0) is 13.2. The summed E-state index contributed by atoms with van der Waals surface area (Å²) in [5.74, 6) is 0. The van der Waals surface area contributed by atoms with Crippen LogP contribution in [0.1, 0.15) is 21.8 Å². The van der Waals surface area contributed by atoms with Gasteiger partial charge in [0, 0.05) is 36.6 Å². The molecule has 0 saturated carbocycles. The minimum Gasteiger partial charge on any atom is -0.307 e. The fourth-order valence-electron chi connectivity index (χ4n) is 2.15. The number of rotatable bonds is 4. The molecular weight excluding hydrogens is 256 g/mol. The van der Waals surface area contributed by atoms with Crippen molar-refractivity contribution in [1.82, 2.24) is 19.7 Å². The van der Waals surface area contributed by atoms with Crippen LogP contribution < -0.4 is 5.32 Å². The lowest BCUT2D eigenvalue weighted by atomic mass is 10.3. The van der Waals surface area contributed by atoms with Crippen molar-refractivity contribution in [2.45, 2.75) is 26.9 Å². The Bertz CT molecular complexity index is 684. The van der Waals surface area contributed by atoms with Crippen molar-refractivity contribution in [3.8, 4) is 0 Å². The third-order valence-electron chi connectivity index (χ3n) is 3.09. The number of hydrogen-bond donors (Lipinski definition) is 1. The maximum Gasteiger partial charge on any atom is 0.194 e. The molecule has 19 heavy (non-hydrogen) atoms. The molecule has 3 heterocycles. The number of pyridine rings is 1. The van der Waals surface area contributed by atoms with Crippen molar-refractivity contribution in [3.05, 3.63) is 52.6 Å². The molecule has 0 aliphatic carbocycles. The molecule has 5 heteroatoms. The molecule has 0 aromatic carbocycles. The molecule has 0 saturated heterocycles. The molecule has 0 fully saturated rings. The Hall–Kier alpha value is -1.72. The van der Waals surface area contributed by atoms with Crippen molar-refractivity contribution in [2.75, 3.05) is 0 Å². The van der Waals surface area contributed by atoms with Gasteiger partial charge in [-0.3, -0.25) is 9.38 Å². The van der Waals surface area contributed by atoms with Gasteiger partial charge in [-0.2, -0.15) is 0 Å². The van der Waals surface area contributed by atoms with Gasteiger partial charge in [0.05, 0.1) is 11.4 Å². The lowest BCUT2D eigenvalue weighted by Gasteiger charge is -2.05. The maximum atomic E-state index is 4.59. The molecule has 1 N–H and O–H groups in total. The van der Waals surface area contributed by atoms with Gasteiger partial charge in [-0.15, -0.1) is 11.3 Å². The highest BCUT2D eigenvalue weighted by atomic mass is 32.1. The summed E-state index contributed by atoms with van der Waals surface area (Å²) < 4.78 is 2.19. The smallest absolute Gasteiger partial charge is 0.194 e. The molecule has 0 atom stereocenters. The summed E-state index contributed by atoms with van der Waals surface area (Å²) in [5, 5.41) is 3.45. The topological polar surface area (TPSA) is 42.2 Å². The average Bonchev–Trinajstić information content (AvgIpc) is 2.88. The lowest BCUT2D eigenvalue weighted by molar-refractivity contribution is 0.671. The first-order chi connectivity index (χ1) is 9.24. The molecule has 0 bridgehead atoms. The fraction of sp³-hybridized carbons (Fsp3) is 0.286. The van der Waals surface area contributed by atoms with Gasteiger partial charge >= 0.3 is 0 Å². The summed E-state index contributed by atoms with van der Waals surface area (Å²) in [4.78, 5) is 11.1.